The average molecular weight is 244 g/mol. The van der Waals surface area contributed by atoms with Crippen LogP contribution >= 0.6 is 11.3 Å². The predicted molar refractivity (Wildman–Crippen MR) is 70.2 cm³/mol. The molecule has 0 spiro atoms. The number of H-pyrrole nitrogens is 1. The number of rotatable bonds is 3. The Labute approximate surface area is 103 Å². The molecule has 2 aromatic heterocycles. The number of nitrogens with zero attached hydrogens (tertiary/aromatic N) is 2. The highest BCUT2D eigenvalue weighted by Crippen LogP contribution is 2.26. The first-order valence-corrected chi connectivity index (χ1v) is 6.29. The molecule has 5 heteroatoms. The second-order valence-corrected chi connectivity index (χ2v) is 4.82. The number of hydrogen-bond acceptors (Lipinski definition) is 4. The van der Waals surface area contributed by atoms with Gasteiger partial charge in [0.25, 0.3) is 0 Å². The summed E-state index contributed by atoms with van der Waals surface area (Å²) < 4.78 is 0. The fourth-order valence-electron chi connectivity index (χ4n) is 1.84. The SMILES string of the molecule is CC(Nc1cccc2[nH]ncc12)c1cncs1. The van der Waals surface area contributed by atoms with Crippen molar-refractivity contribution in [1.29, 1.82) is 0 Å². The molecular formula is C12H12N4S. The normalized spacial score (nSPS) is 12.8. The Morgan fingerprint density at radius 3 is 3.12 bits per heavy atom. The largest absolute Gasteiger partial charge is 0.377 e. The van der Waals surface area contributed by atoms with Crippen LogP contribution in [-0.2, 0) is 0 Å². The zero-order valence-corrected chi connectivity index (χ0v) is 10.2. The van der Waals surface area contributed by atoms with Crippen LogP contribution in [0.1, 0.15) is 17.8 Å². The van der Waals surface area contributed by atoms with E-state index in [2.05, 4.69) is 33.5 Å². The molecule has 0 fully saturated rings. The lowest BCUT2D eigenvalue weighted by molar-refractivity contribution is 0.906. The van der Waals surface area contributed by atoms with Gasteiger partial charge in [-0.3, -0.25) is 10.1 Å². The first-order chi connectivity index (χ1) is 8.34. The Balaban J connectivity index is 1.92. The molecule has 3 aromatic rings. The molecular weight excluding hydrogens is 232 g/mol. The first kappa shape index (κ1) is 10.3. The molecule has 0 aliphatic rings. The van der Waals surface area contributed by atoms with Crippen LogP contribution in [0.3, 0.4) is 0 Å². The molecule has 17 heavy (non-hydrogen) atoms. The van der Waals surface area contributed by atoms with Gasteiger partial charge in [0.15, 0.2) is 0 Å². The number of thiazole rings is 1. The highest BCUT2D eigenvalue weighted by atomic mass is 32.1. The Bertz CT molecular complexity index is 614. The van der Waals surface area contributed by atoms with Gasteiger partial charge in [-0.25, -0.2) is 0 Å². The van der Waals surface area contributed by atoms with E-state index in [1.165, 1.54) is 4.88 Å². The van der Waals surface area contributed by atoms with E-state index in [4.69, 9.17) is 0 Å². The number of anilines is 1. The molecule has 0 aliphatic heterocycles. The fourth-order valence-corrected chi connectivity index (χ4v) is 2.47. The van der Waals surface area contributed by atoms with Gasteiger partial charge < -0.3 is 5.32 Å². The Morgan fingerprint density at radius 1 is 1.35 bits per heavy atom. The van der Waals surface area contributed by atoms with Gasteiger partial charge in [-0.15, -0.1) is 11.3 Å². The summed E-state index contributed by atoms with van der Waals surface area (Å²) in [6, 6.07) is 6.35. The number of aromatic amines is 1. The molecule has 1 atom stereocenters. The summed E-state index contributed by atoms with van der Waals surface area (Å²) in [5.41, 5.74) is 4.00. The predicted octanol–water partition coefficient (Wildman–Crippen LogP) is 3.19. The van der Waals surface area contributed by atoms with Crippen LogP contribution in [0.4, 0.5) is 5.69 Å². The summed E-state index contributed by atoms with van der Waals surface area (Å²) in [5, 5.41) is 11.6. The van der Waals surface area contributed by atoms with Gasteiger partial charge in [0, 0.05) is 22.1 Å². The number of fused-ring (bicyclic) bond motifs is 1. The molecule has 0 bridgehead atoms. The lowest BCUT2D eigenvalue weighted by Crippen LogP contribution is -2.04. The zero-order valence-electron chi connectivity index (χ0n) is 9.34. The van der Waals surface area contributed by atoms with Crippen LogP contribution in [0.5, 0.6) is 0 Å². The molecule has 3 rings (SSSR count). The average Bonchev–Trinajstić information content (AvgIpc) is 3.00. The minimum Gasteiger partial charge on any atom is -0.377 e. The van der Waals surface area contributed by atoms with Crippen molar-refractivity contribution in [3.63, 3.8) is 0 Å². The molecule has 1 aromatic carbocycles. The maximum absolute atomic E-state index is 4.10. The number of benzene rings is 1. The minimum absolute atomic E-state index is 0.253. The molecule has 0 saturated carbocycles. The standard InChI is InChI=1S/C12H12N4S/c1-8(12-6-13-7-17-12)15-10-3-2-4-11-9(10)5-14-16-11/h2-8,15H,1H3,(H,14,16). The van der Waals surface area contributed by atoms with Gasteiger partial charge in [-0.05, 0) is 19.1 Å². The summed E-state index contributed by atoms with van der Waals surface area (Å²) >= 11 is 1.66. The third kappa shape index (κ3) is 1.89. The van der Waals surface area contributed by atoms with Crippen molar-refractivity contribution in [1.82, 2.24) is 15.2 Å². The molecule has 2 N–H and O–H groups in total. The van der Waals surface area contributed by atoms with Crippen molar-refractivity contribution < 1.29 is 0 Å². The lowest BCUT2D eigenvalue weighted by Gasteiger charge is -2.13. The highest BCUT2D eigenvalue weighted by Gasteiger charge is 2.09. The number of aromatic nitrogens is 3. The van der Waals surface area contributed by atoms with E-state index in [0.717, 1.165) is 16.6 Å². The van der Waals surface area contributed by atoms with Crippen molar-refractivity contribution in [3.05, 3.63) is 41.0 Å². The fraction of sp³-hybridized carbons (Fsp3) is 0.167. The van der Waals surface area contributed by atoms with Crippen molar-refractivity contribution in [2.45, 2.75) is 13.0 Å². The van der Waals surface area contributed by atoms with E-state index in [-0.39, 0.29) is 6.04 Å². The van der Waals surface area contributed by atoms with Crippen molar-refractivity contribution in [2.24, 2.45) is 0 Å². The molecule has 2 heterocycles. The zero-order chi connectivity index (χ0) is 11.7. The van der Waals surface area contributed by atoms with E-state index in [0.29, 0.717) is 0 Å². The Morgan fingerprint density at radius 2 is 2.29 bits per heavy atom. The van der Waals surface area contributed by atoms with E-state index in [1.54, 1.807) is 11.3 Å². The van der Waals surface area contributed by atoms with Gasteiger partial charge in [0.2, 0.25) is 0 Å². The summed E-state index contributed by atoms with van der Waals surface area (Å²) in [4.78, 5) is 5.32. The van der Waals surface area contributed by atoms with Crippen molar-refractivity contribution in [3.8, 4) is 0 Å². The number of nitrogens with one attached hydrogen (secondary N) is 2. The first-order valence-electron chi connectivity index (χ1n) is 5.41. The third-order valence-electron chi connectivity index (χ3n) is 2.73. The van der Waals surface area contributed by atoms with Crippen LogP contribution < -0.4 is 5.32 Å². The Hall–Kier alpha value is -1.88. The van der Waals surface area contributed by atoms with E-state index in [1.807, 2.05) is 30.0 Å². The second kappa shape index (κ2) is 4.18. The smallest absolute Gasteiger partial charge is 0.0795 e. The van der Waals surface area contributed by atoms with E-state index >= 15 is 0 Å². The van der Waals surface area contributed by atoms with Gasteiger partial charge in [-0.1, -0.05) is 6.07 Å². The van der Waals surface area contributed by atoms with Crippen LogP contribution in [0, 0.1) is 0 Å². The Kier molecular flexibility index (Phi) is 2.53. The molecule has 0 saturated heterocycles. The van der Waals surface area contributed by atoms with Gasteiger partial charge in [0.1, 0.15) is 0 Å². The van der Waals surface area contributed by atoms with Crippen LogP contribution in [-0.4, -0.2) is 15.2 Å². The summed E-state index contributed by atoms with van der Waals surface area (Å²) in [7, 11) is 0. The summed E-state index contributed by atoms with van der Waals surface area (Å²) in [5.74, 6) is 0. The maximum Gasteiger partial charge on any atom is 0.0795 e. The summed E-state index contributed by atoms with van der Waals surface area (Å²) in [6.45, 7) is 2.13. The molecule has 1 unspecified atom stereocenters. The topological polar surface area (TPSA) is 53.6 Å². The second-order valence-electron chi connectivity index (χ2n) is 3.91. The van der Waals surface area contributed by atoms with Crippen LogP contribution in [0.25, 0.3) is 10.9 Å². The van der Waals surface area contributed by atoms with Crippen LogP contribution in [0.2, 0.25) is 0 Å². The van der Waals surface area contributed by atoms with Crippen molar-refractivity contribution >= 4 is 27.9 Å². The third-order valence-corrected chi connectivity index (χ3v) is 3.69. The molecule has 0 aliphatic carbocycles. The van der Waals surface area contributed by atoms with Crippen LogP contribution in [0.15, 0.2) is 36.1 Å². The number of hydrogen-bond donors (Lipinski definition) is 2. The quantitative estimate of drug-likeness (QED) is 0.744. The molecule has 86 valence electrons. The monoisotopic (exact) mass is 244 g/mol. The van der Waals surface area contributed by atoms with E-state index < -0.39 is 0 Å². The highest BCUT2D eigenvalue weighted by molar-refractivity contribution is 7.09. The minimum atomic E-state index is 0.253. The maximum atomic E-state index is 4.10. The van der Waals surface area contributed by atoms with Gasteiger partial charge in [0.05, 0.1) is 23.3 Å². The van der Waals surface area contributed by atoms with Crippen molar-refractivity contribution in [2.75, 3.05) is 5.32 Å². The van der Waals surface area contributed by atoms with E-state index in [9.17, 15) is 0 Å². The summed E-state index contributed by atoms with van der Waals surface area (Å²) in [6.07, 6.45) is 3.74. The van der Waals surface area contributed by atoms with Gasteiger partial charge in [-0.2, -0.15) is 5.10 Å². The molecule has 0 amide bonds. The molecule has 4 nitrogen and oxygen atoms in total. The van der Waals surface area contributed by atoms with Gasteiger partial charge >= 0.3 is 0 Å². The lowest BCUT2D eigenvalue weighted by atomic mass is 10.2. The molecule has 0 radical (unpaired) electrons.